The molecule has 0 spiro atoms. The summed E-state index contributed by atoms with van der Waals surface area (Å²) in [6.45, 7) is 5.38. The molecule has 0 aliphatic rings. The van der Waals surface area contributed by atoms with Crippen molar-refractivity contribution in [1.82, 2.24) is 0 Å². The Morgan fingerprint density at radius 3 is 1.64 bits per heavy atom. The molecule has 0 heterocycles. The average Bonchev–Trinajstić information content (AvgIpc) is 2.01. The topological polar surface area (TPSA) is 94.8 Å². The molecule has 0 saturated heterocycles. The molecule has 3 N–H and O–H groups in total. The van der Waals surface area contributed by atoms with Gasteiger partial charge in [-0.15, -0.1) is 0 Å². The summed E-state index contributed by atoms with van der Waals surface area (Å²) < 4.78 is 0. The highest BCUT2D eigenvalue weighted by Gasteiger charge is 2.07. The SMILES string of the molecule is CC(C)CC(=O)O.CCC(O)C(=O)O. The van der Waals surface area contributed by atoms with E-state index in [2.05, 4.69) is 0 Å². The number of hydrogen-bond donors (Lipinski definition) is 3. The summed E-state index contributed by atoms with van der Waals surface area (Å²) in [7, 11) is 0. The van der Waals surface area contributed by atoms with E-state index in [0.29, 0.717) is 0 Å². The largest absolute Gasteiger partial charge is 0.481 e. The number of carboxylic acid groups (broad SMARTS) is 2. The summed E-state index contributed by atoms with van der Waals surface area (Å²) in [5.41, 5.74) is 0. The zero-order valence-electron chi connectivity index (χ0n) is 8.73. The Bertz CT molecular complexity index is 176. The predicted molar refractivity (Wildman–Crippen MR) is 51.0 cm³/mol. The zero-order valence-corrected chi connectivity index (χ0v) is 8.73. The van der Waals surface area contributed by atoms with Gasteiger partial charge in [0.15, 0.2) is 6.10 Å². The first kappa shape index (κ1) is 15.4. The van der Waals surface area contributed by atoms with Crippen LogP contribution in [-0.4, -0.2) is 33.4 Å². The van der Waals surface area contributed by atoms with E-state index in [1.54, 1.807) is 6.92 Å². The van der Waals surface area contributed by atoms with E-state index in [-0.39, 0.29) is 18.8 Å². The van der Waals surface area contributed by atoms with Crippen LogP contribution in [0.25, 0.3) is 0 Å². The number of carbonyl (C=O) groups is 2. The maximum absolute atomic E-state index is 9.81. The van der Waals surface area contributed by atoms with Crippen molar-refractivity contribution < 1.29 is 24.9 Å². The summed E-state index contributed by atoms with van der Waals surface area (Å²) in [4.78, 5) is 19.5. The van der Waals surface area contributed by atoms with Crippen LogP contribution in [0, 0.1) is 5.92 Å². The number of aliphatic hydroxyl groups excluding tert-OH is 1. The fourth-order valence-corrected chi connectivity index (χ4v) is 0.524. The smallest absolute Gasteiger partial charge is 0.332 e. The van der Waals surface area contributed by atoms with Gasteiger partial charge < -0.3 is 15.3 Å². The summed E-state index contributed by atoms with van der Waals surface area (Å²) >= 11 is 0. The van der Waals surface area contributed by atoms with Gasteiger partial charge in [0.05, 0.1) is 0 Å². The molecule has 0 aromatic rings. The molecule has 0 amide bonds. The molecule has 5 heteroatoms. The molecule has 1 atom stereocenters. The monoisotopic (exact) mass is 206 g/mol. The minimum absolute atomic E-state index is 0.273. The van der Waals surface area contributed by atoms with Gasteiger partial charge in [-0.2, -0.15) is 0 Å². The van der Waals surface area contributed by atoms with Crippen molar-refractivity contribution in [2.24, 2.45) is 5.92 Å². The molecule has 14 heavy (non-hydrogen) atoms. The number of carboxylic acids is 2. The molecule has 5 nitrogen and oxygen atoms in total. The molecular weight excluding hydrogens is 188 g/mol. The van der Waals surface area contributed by atoms with Gasteiger partial charge in [-0.1, -0.05) is 20.8 Å². The van der Waals surface area contributed by atoms with Gasteiger partial charge in [-0.25, -0.2) is 4.79 Å². The summed E-state index contributed by atoms with van der Waals surface area (Å²) in [6.07, 6.45) is -0.630. The van der Waals surface area contributed by atoms with Gasteiger partial charge in [0.25, 0.3) is 0 Å². The third-order valence-corrected chi connectivity index (χ3v) is 1.25. The lowest BCUT2D eigenvalue weighted by Crippen LogP contribution is -2.17. The van der Waals surface area contributed by atoms with Crippen LogP contribution in [0.3, 0.4) is 0 Å². The van der Waals surface area contributed by atoms with Crippen LogP contribution in [0.1, 0.15) is 33.6 Å². The fraction of sp³-hybridized carbons (Fsp3) is 0.778. The van der Waals surface area contributed by atoms with E-state index in [4.69, 9.17) is 15.3 Å². The minimum Gasteiger partial charge on any atom is -0.481 e. The van der Waals surface area contributed by atoms with E-state index < -0.39 is 18.0 Å². The number of aliphatic hydroxyl groups is 1. The number of aliphatic carboxylic acids is 2. The third kappa shape index (κ3) is 13.5. The zero-order chi connectivity index (χ0) is 11.7. The molecule has 0 aliphatic carbocycles. The van der Waals surface area contributed by atoms with Crippen LogP contribution >= 0.6 is 0 Å². The fourth-order valence-electron chi connectivity index (χ4n) is 0.524. The van der Waals surface area contributed by atoms with Crippen molar-refractivity contribution in [2.75, 3.05) is 0 Å². The van der Waals surface area contributed by atoms with Gasteiger partial charge in [0.2, 0.25) is 0 Å². The van der Waals surface area contributed by atoms with Crippen molar-refractivity contribution in [3.63, 3.8) is 0 Å². The minimum atomic E-state index is -1.18. The summed E-state index contributed by atoms with van der Waals surface area (Å²) in [5, 5.41) is 24.4. The second-order valence-corrected chi connectivity index (χ2v) is 3.25. The number of hydrogen-bond acceptors (Lipinski definition) is 3. The Kier molecular flexibility index (Phi) is 9.33. The van der Waals surface area contributed by atoms with Gasteiger partial charge in [-0.05, 0) is 12.3 Å². The highest BCUT2D eigenvalue weighted by molar-refractivity contribution is 5.71. The van der Waals surface area contributed by atoms with E-state index >= 15 is 0 Å². The van der Waals surface area contributed by atoms with E-state index in [1.165, 1.54) is 0 Å². The van der Waals surface area contributed by atoms with Gasteiger partial charge in [-0.3, -0.25) is 4.79 Å². The molecule has 0 fully saturated rings. The van der Waals surface area contributed by atoms with E-state index in [1.807, 2.05) is 13.8 Å². The lowest BCUT2D eigenvalue weighted by atomic mass is 10.1. The van der Waals surface area contributed by atoms with Crippen molar-refractivity contribution in [3.8, 4) is 0 Å². The predicted octanol–water partition coefficient (Wildman–Crippen LogP) is 0.959. The van der Waals surface area contributed by atoms with Crippen molar-refractivity contribution in [2.45, 2.75) is 39.7 Å². The molecule has 84 valence electrons. The first-order chi connectivity index (χ1) is 6.31. The molecule has 0 saturated carbocycles. The van der Waals surface area contributed by atoms with Crippen LogP contribution in [-0.2, 0) is 9.59 Å². The van der Waals surface area contributed by atoms with E-state index in [0.717, 1.165) is 0 Å². The van der Waals surface area contributed by atoms with Crippen LogP contribution in [0.15, 0.2) is 0 Å². The molecule has 0 aliphatic heterocycles. The first-order valence-electron chi connectivity index (χ1n) is 4.43. The Morgan fingerprint density at radius 1 is 1.21 bits per heavy atom. The molecule has 0 aromatic carbocycles. The maximum atomic E-state index is 9.81. The lowest BCUT2D eigenvalue weighted by molar-refractivity contribution is -0.146. The maximum Gasteiger partial charge on any atom is 0.332 e. The summed E-state index contributed by atoms with van der Waals surface area (Å²) in [6, 6.07) is 0. The van der Waals surface area contributed by atoms with Crippen molar-refractivity contribution >= 4 is 11.9 Å². The molecule has 0 aromatic heterocycles. The van der Waals surface area contributed by atoms with Crippen molar-refractivity contribution in [3.05, 3.63) is 0 Å². The first-order valence-corrected chi connectivity index (χ1v) is 4.43. The van der Waals surface area contributed by atoms with Crippen LogP contribution in [0.2, 0.25) is 0 Å². The van der Waals surface area contributed by atoms with Gasteiger partial charge in [0.1, 0.15) is 0 Å². The Balaban J connectivity index is 0. The van der Waals surface area contributed by atoms with E-state index in [9.17, 15) is 9.59 Å². The quantitative estimate of drug-likeness (QED) is 0.636. The Hall–Kier alpha value is -1.10. The highest BCUT2D eigenvalue weighted by Crippen LogP contribution is 1.96. The third-order valence-electron chi connectivity index (χ3n) is 1.25. The van der Waals surface area contributed by atoms with Gasteiger partial charge >= 0.3 is 11.9 Å². The Labute approximate surface area is 83.4 Å². The van der Waals surface area contributed by atoms with Gasteiger partial charge in [0, 0.05) is 6.42 Å². The second kappa shape index (κ2) is 8.50. The molecule has 0 bridgehead atoms. The highest BCUT2D eigenvalue weighted by atomic mass is 16.4. The van der Waals surface area contributed by atoms with Crippen molar-refractivity contribution in [1.29, 1.82) is 0 Å². The molecule has 0 radical (unpaired) electrons. The second-order valence-electron chi connectivity index (χ2n) is 3.25. The standard InChI is InChI=1S/C5H10O2.C4H8O3/c1-4(2)3-5(6)7;1-2-3(5)4(6)7/h4H,3H2,1-2H3,(H,6,7);3,5H,2H2,1H3,(H,6,7). The normalized spacial score (nSPS) is 11.5. The summed E-state index contributed by atoms with van der Waals surface area (Å²) in [5.74, 6) is -1.59. The van der Waals surface area contributed by atoms with Crippen LogP contribution in [0.4, 0.5) is 0 Å². The average molecular weight is 206 g/mol. The van der Waals surface area contributed by atoms with Crippen LogP contribution < -0.4 is 0 Å². The Morgan fingerprint density at radius 2 is 1.64 bits per heavy atom. The molecule has 0 rings (SSSR count). The van der Waals surface area contributed by atoms with Crippen LogP contribution in [0.5, 0.6) is 0 Å². The molecular formula is C9H18O5. The number of rotatable bonds is 4. The molecule has 1 unspecified atom stereocenters. The lowest BCUT2D eigenvalue weighted by Gasteiger charge is -1.95.